The summed E-state index contributed by atoms with van der Waals surface area (Å²) in [7, 11) is 0. The second-order valence-corrected chi connectivity index (χ2v) is 9.49. The summed E-state index contributed by atoms with van der Waals surface area (Å²) in [6.07, 6.45) is 0.244. The molecule has 2 aliphatic heterocycles. The first kappa shape index (κ1) is 23.9. The van der Waals surface area contributed by atoms with Crippen molar-refractivity contribution in [1.82, 2.24) is 15.2 Å². The molecule has 3 heterocycles. The number of hydrogen-bond acceptors (Lipinski definition) is 5. The van der Waals surface area contributed by atoms with Crippen LogP contribution in [-0.2, 0) is 6.54 Å². The Balaban J connectivity index is 1.52. The van der Waals surface area contributed by atoms with Crippen LogP contribution < -0.4 is 20.3 Å². The molecular formula is C24H28ClN3O6. The Kier molecular flexibility index (Phi) is 6.24. The van der Waals surface area contributed by atoms with Crippen molar-refractivity contribution in [3.05, 3.63) is 55.5 Å². The Morgan fingerprint density at radius 3 is 2.47 bits per heavy atom. The third-order valence-electron chi connectivity index (χ3n) is 6.72. The molecule has 0 saturated carbocycles. The van der Waals surface area contributed by atoms with Gasteiger partial charge in [-0.1, -0.05) is 11.6 Å². The molecule has 4 rings (SSSR count). The number of carbonyl (C=O) groups excluding carboxylic acids is 1. The zero-order valence-corrected chi connectivity index (χ0v) is 20.3. The summed E-state index contributed by atoms with van der Waals surface area (Å²) in [5, 5.41) is 12.3. The van der Waals surface area contributed by atoms with Crippen molar-refractivity contribution in [2.24, 2.45) is 5.92 Å². The van der Waals surface area contributed by atoms with Gasteiger partial charge in [0.15, 0.2) is 11.5 Å². The average Bonchev–Trinajstić information content (AvgIpc) is 3.15. The predicted molar refractivity (Wildman–Crippen MR) is 126 cm³/mol. The summed E-state index contributed by atoms with van der Waals surface area (Å²) in [4.78, 5) is 40.6. The summed E-state index contributed by atoms with van der Waals surface area (Å²) in [6.45, 7) is 8.08. The highest BCUT2D eigenvalue weighted by Crippen LogP contribution is 2.51. The number of aromatic amines is 1. The first-order valence-corrected chi connectivity index (χ1v) is 11.5. The summed E-state index contributed by atoms with van der Waals surface area (Å²) in [5.41, 5.74) is 2.72. The first-order valence-electron chi connectivity index (χ1n) is 11.2. The molecular weight excluding hydrogens is 462 g/mol. The summed E-state index contributed by atoms with van der Waals surface area (Å²) in [5.74, 6) is -0.647. The quantitative estimate of drug-likeness (QED) is 0.601. The van der Waals surface area contributed by atoms with Crippen molar-refractivity contribution in [3.8, 4) is 11.5 Å². The fourth-order valence-corrected chi connectivity index (χ4v) is 4.94. The summed E-state index contributed by atoms with van der Waals surface area (Å²) in [6, 6.07) is 3.40. The molecule has 2 aliphatic rings. The molecule has 1 saturated heterocycles. The van der Waals surface area contributed by atoms with Crippen molar-refractivity contribution >= 4 is 23.6 Å². The zero-order valence-electron chi connectivity index (χ0n) is 19.6. The van der Waals surface area contributed by atoms with Crippen LogP contribution in [0, 0.1) is 26.7 Å². The van der Waals surface area contributed by atoms with Gasteiger partial charge in [0.1, 0.15) is 0 Å². The number of benzene rings is 1. The molecule has 34 heavy (non-hydrogen) atoms. The molecule has 0 aliphatic carbocycles. The van der Waals surface area contributed by atoms with E-state index in [1.807, 2.05) is 19.9 Å². The topological polar surface area (TPSA) is 121 Å². The molecule has 0 radical (unpaired) electrons. The number of hydrogen-bond donors (Lipinski definition) is 3. The number of pyridine rings is 1. The summed E-state index contributed by atoms with van der Waals surface area (Å²) >= 11 is 6.48. The standard InChI is InChI=1S/C24H28ClN3O6/c1-12-9-13(2)27-22(30)17(12)11-26-21(29)16-10-18(25)20-19(14(16)3)33-24(4,34-20)15-5-7-28(8-6-15)23(31)32/h9-10,15H,5-8,11H2,1-4H3,(H,26,29)(H,27,30)(H,31,32)/t24-/m1/s1. The van der Waals surface area contributed by atoms with Gasteiger partial charge in [0.05, 0.1) is 5.02 Å². The Hall–Kier alpha value is -3.20. The van der Waals surface area contributed by atoms with Crippen LogP contribution in [0.1, 0.15) is 52.5 Å². The maximum absolute atomic E-state index is 13.0. The Bertz CT molecular complexity index is 1220. The van der Waals surface area contributed by atoms with Gasteiger partial charge in [-0.2, -0.15) is 0 Å². The van der Waals surface area contributed by atoms with E-state index in [1.165, 1.54) is 4.90 Å². The monoisotopic (exact) mass is 489 g/mol. The number of piperidine rings is 1. The lowest BCUT2D eigenvalue weighted by Gasteiger charge is -2.37. The number of H-pyrrole nitrogens is 1. The van der Waals surface area contributed by atoms with Crippen LogP contribution in [0.5, 0.6) is 11.5 Å². The van der Waals surface area contributed by atoms with E-state index in [2.05, 4.69) is 10.3 Å². The first-order chi connectivity index (χ1) is 16.0. The number of amides is 2. The van der Waals surface area contributed by atoms with Crippen LogP contribution in [0.4, 0.5) is 4.79 Å². The van der Waals surface area contributed by atoms with Crippen molar-refractivity contribution in [1.29, 1.82) is 0 Å². The smallest absolute Gasteiger partial charge is 0.407 e. The molecule has 1 atom stereocenters. The number of aryl methyl sites for hydroxylation is 2. The predicted octanol–water partition coefficient (Wildman–Crippen LogP) is 3.76. The molecule has 10 heteroatoms. The van der Waals surface area contributed by atoms with Gasteiger partial charge in [0.2, 0.25) is 0 Å². The highest BCUT2D eigenvalue weighted by molar-refractivity contribution is 6.33. The fraction of sp³-hybridized carbons (Fsp3) is 0.458. The number of likely N-dealkylation sites (tertiary alicyclic amines) is 1. The lowest BCUT2D eigenvalue weighted by molar-refractivity contribution is -0.123. The van der Waals surface area contributed by atoms with E-state index < -0.39 is 11.9 Å². The number of rotatable bonds is 4. The van der Waals surface area contributed by atoms with Gasteiger partial charge in [0, 0.05) is 54.9 Å². The van der Waals surface area contributed by atoms with Gasteiger partial charge < -0.3 is 29.8 Å². The Labute approximate surface area is 202 Å². The molecule has 2 amide bonds. The third-order valence-corrected chi connectivity index (χ3v) is 7.00. The van der Waals surface area contributed by atoms with Gasteiger partial charge in [-0.25, -0.2) is 4.79 Å². The number of nitrogens with zero attached hydrogens (tertiary/aromatic N) is 1. The van der Waals surface area contributed by atoms with Gasteiger partial charge in [-0.05, 0) is 51.3 Å². The number of carboxylic acid groups (broad SMARTS) is 1. The van der Waals surface area contributed by atoms with Crippen LogP contribution in [0.25, 0.3) is 0 Å². The van der Waals surface area contributed by atoms with Crippen LogP contribution in [0.3, 0.4) is 0 Å². The molecule has 1 aromatic carbocycles. The van der Waals surface area contributed by atoms with Gasteiger partial charge in [-0.15, -0.1) is 0 Å². The van der Waals surface area contributed by atoms with Gasteiger partial charge in [-0.3, -0.25) is 9.59 Å². The minimum atomic E-state index is -1.01. The molecule has 0 spiro atoms. The van der Waals surface area contributed by atoms with Crippen LogP contribution in [0.2, 0.25) is 5.02 Å². The lowest BCUT2D eigenvalue weighted by atomic mass is 9.89. The number of aromatic nitrogens is 1. The lowest BCUT2D eigenvalue weighted by Crippen LogP contribution is -2.49. The van der Waals surface area contributed by atoms with E-state index in [1.54, 1.807) is 19.9 Å². The average molecular weight is 490 g/mol. The molecule has 9 nitrogen and oxygen atoms in total. The Morgan fingerprint density at radius 1 is 1.21 bits per heavy atom. The zero-order chi connectivity index (χ0) is 24.8. The van der Waals surface area contributed by atoms with Crippen LogP contribution in [-0.4, -0.2) is 45.9 Å². The molecule has 182 valence electrons. The maximum atomic E-state index is 13.0. The highest BCUT2D eigenvalue weighted by Gasteiger charge is 2.47. The van der Waals surface area contributed by atoms with Crippen LogP contribution >= 0.6 is 11.6 Å². The highest BCUT2D eigenvalue weighted by atomic mass is 35.5. The van der Waals surface area contributed by atoms with Gasteiger partial charge >= 0.3 is 6.09 Å². The van der Waals surface area contributed by atoms with Crippen LogP contribution in [0.15, 0.2) is 16.9 Å². The summed E-state index contributed by atoms with van der Waals surface area (Å²) < 4.78 is 12.4. The van der Waals surface area contributed by atoms with Crippen molar-refractivity contribution in [2.75, 3.05) is 13.1 Å². The molecule has 1 fully saturated rings. The van der Waals surface area contributed by atoms with E-state index in [9.17, 15) is 19.5 Å². The molecule has 0 unspecified atom stereocenters. The van der Waals surface area contributed by atoms with E-state index in [4.69, 9.17) is 21.1 Å². The van der Waals surface area contributed by atoms with Crippen molar-refractivity contribution in [3.63, 3.8) is 0 Å². The SMILES string of the molecule is Cc1cc(C)c(CNC(=O)c2cc(Cl)c3c(c2C)O[C@@](C)(C2CCN(C(=O)O)CC2)O3)c(=O)[nH]1. The molecule has 2 aromatic rings. The van der Waals surface area contributed by atoms with E-state index >= 15 is 0 Å². The number of carbonyl (C=O) groups is 2. The molecule has 0 bridgehead atoms. The van der Waals surface area contributed by atoms with E-state index in [0.29, 0.717) is 54.1 Å². The minimum Gasteiger partial charge on any atom is -0.465 e. The largest absolute Gasteiger partial charge is 0.465 e. The third kappa shape index (κ3) is 4.32. The number of nitrogens with one attached hydrogen (secondary N) is 2. The normalized spacial score (nSPS) is 19.9. The number of fused-ring (bicyclic) bond motifs is 1. The Morgan fingerprint density at radius 2 is 1.85 bits per heavy atom. The number of ether oxygens (including phenoxy) is 2. The molecule has 3 N–H and O–H groups in total. The van der Waals surface area contributed by atoms with E-state index in [-0.39, 0.29) is 29.0 Å². The number of halogens is 1. The fourth-order valence-electron chi connectivity index (χ4n) is 4.71. The van der Waals surface area contributed by atoms with Crippen molar-refractivity contribution in [2.45, 2.75) is 52.9 Å². The van der Waals surface area contributed by atoms with Crippen molar-refractivity contribution < 1.29 is 24.2 Å². The second-order valence-electron chi connectivity index (χ2n) is 9.08. The maximum Gasteiger partial charge on any atom is 0.407 e. The van der Waals surface area contributed by atoms with Gasteiger partial charge in [0.25, 0.3) is 17.3 Å². The minimum absolute atomic E-state index is 0.0421. The molecule has 1 aromatic heterocycles. The second kappa shape index (κ2) is 8.87. The van der Waals surface area contributed by atoms with E-state index in [0.717, 1.165) is 11.3 Å².